The van der Waals surface area contributed by atoms with Crippen molar-refractivity contribution in [2.75, 3.05) is 20.3 Å². The smallest absolute Gasteiger partial charge is 0.118 e. The molecule has 2 aliphatic rings. The largest absolute Gasteiger partial charge is 0.497 e. The lowest BCUT2D eigenvalue weighted by molar-refractivity contribution is -0.0819. The van der Waals surface area contributed by atoms with Crippen molar-refractivity contribution in [3.05, 3.63) is 59.9 Å². The molecule has 2 aromatic rings. The van der Waals surface area contributed by atoms with Crippen LogP contribution in [0.1, 0.15) is 24.0 Å². The molecule has 0 amide bonds. The highest BCUT2D eigenvalue weighted by atomic mass is 16.5. The molecule has 5 nitrogen and oxygen atoms in total. The van der Waals surface area contributed by atoms with Gasteiger partial charge in [0, 0.05) is 38.1 Å². The Labute approximate surface area is 154 Å². The highest BCUT2D eigenvalue weighted by Crippen LogP contribution is 2.32. The fraction of sp³-hybridized carbons (Fsp3) is 0.476. The van der Waals surface area contributed by atoms with E-state index in [1.807, 2.05) is 24.4 Å². The van der Waals surface area contributed by atoms with Crippen LogP contribution in [0, 0.1) is 0 Å². The van der Waals surface area contributed by atoms with Crippen molar-refractivity contribution in [3.8, 4) is 5.75 Å². The lowest BCUT2D eigenvalue weighted by atomic mass is 10.0. The van der Waals surface area contributed by atoms with Gasteiger partial charge in [-0.1, -0.05) is 18.2 Å². The lowest BCUT2D eigenvalue weighted by Crippen LogP contribution is -2.41. The Balaban J connectivity index is 1.42. The Hall–Kier alpha value is -1.95. The second-order valence-electron chi connectivity index (χ2n) is 7.03. The van der Waals surface area contributed by atoms with Crippen LogP contribution in [0.3, 0.4) is 0 Å². The van der Waals surface area contributed by atoms with Crippen molar-refractivity contribution in [1.82, 2.24) is 9.88 Å². The van der Waals surface area contributed by atoms with Crippen LogP contribution in [0.2, 0.25) is 0 Å². The number of benzene rings is 1. The van der Waals surface area contributed by atoms with Crippen molar-refractivity contribution in [3.63, 3.8) is 0 Å². The number of pyridine rings is 1. The Kier molecular flexibility index (Phi) is 5.48. The second kappa shape index (κ2) is 8.16. The fourth-order valence-corrected chi connectivity index (χ4v) is 3.98. The minimum Gasteiger partial charge on any atom is -0.497 e. The van der Waals surface area contributed by atoms with E-state index in [2.05, 4.69) is 28.1 Å². The molecule has 2 aliphatic heterocycles. The Morgan fingerprint density at radius 1 is 1.19 bits per heavy atom. The Morgan fingerprint density at radius 3 is 2.85 bits per heavy atom. The van der Waals surface area contributed by atoms with Gasteiger partial charge in [-0.05, 0) is 42.2 Å². The molecule has 3 atom stereocenters. The van der Waals surface area contributed by atoms with Crippen LogP contribution in [0.4, 0.5) is 0 Å². The molecular weight excluding hydrogens is 328 g/mol. The number of nitrogens with zero attached hydrogens (tertiary/aromatic N) is 2. The minimum atomic E-state index is 0.110. The molecule has 0 aliphatic carbocycles. The summed E-state index contributed by atoms with van der Waals surface area (Å²) in [4.78, 5) is 6.68. The van der Waals surface area contributed by atoms with Gasteiger partial charge < -0.3 is 14.2 Å². The van der Waals surface area contributed by atoms with Crippen molar-refractivity contribution < 1.29 is 14.2 Å². The number of fused-ring (bicyclic) bond motifs is 1. The molecule has 0 bridgehead atoms. The van der Waals surface area contributed by atoms with E-state index in [4.69, 9.17) is 14.2 Å². The summed E-state index contributed by atoms with van der Waals surface area (Å²) in [5.74, 6) is 0.895. The van der Waals surface area contributed by atoms with Gasteiger partial charge >= 0.3 is 0 Å². The second-order valence-corrected chi connectivity index (χ2v) is 7.03. The summed E-state index contributed by atoms with van der Waals surface area (Å²) in [6.45, 7) is 3.24. The zero-order chi connectivity index (χ0) is 17.8. The first-order chi connectivity index (χ1) is 12.8. The lowest BCUT2D eigenvalue weighted by Gasteiger charge is -2.32. The third-order valence-electron chi connectivity index (χ3n) is 5.32. The summed E-state index contributed by atoms with van der Waals surface area (Å²) in [7, 11) is 1.70. The molecule has 2 saturated heterocycles. The van der Waals surface area contributed by atoms with E-state index in [-0.39, 0.29) is 12.2 Å². The third kappa shape index (κ3) is 3.90. The zero-order valence-corrected chi connectivity index (χ0v) is 15.2. The number of hydrogen-bond acceptors (Lipinski definition) is 5. The number of likely N-dealkylation sites (tertiary alicyclic amines) is 1. The van der Waals surface area contributed by atoms with Crippen molar-refractivity contribution in [1.29, 1.82) is 0 Å². The molecule has 26 heavy (non-hydrogen) atoms. The molecule has 0 unspecified atom stereocenters. The standard InChI is InChI=1S/C21H26N2O3/c1-24-18-8-6-16(7-9-18)13-23-14-20(21-19(23)5-3-11-25-21)26-15-17-4-2-10-22-12-17/h2,4,6-10,12,19-21H,3,5,11,13-15H2,1H3/t19-,20+,21-/m0/s1. The normalized spacial score (nSPS) is 25.8. The summed E-state index contributed by atoms with van der Waals surface area (Å²) >= 11 is 0. The molecule has 4 rings (SSSR count). The van der Waals surface area contributed by atoms with E-state index in [1.54, 1.807) is 13.3 Å². The summed E-state index contributed by atoms with van der Waals surface area (Å²) in [6, 6.07) is 12.8. The summed E-state index contributed by atoms with van der Waals surface area (Å²) in [6.07, 6.45) is 6.22. The van der Waals surface area contributed by atoms with Gasteiger partial charge in [0.2, 0.25) is 0 Å². The predicted octanol–water partition coefficient (Wildman–Crippen LogP) is 3.04. The quantitative estimate of drug-likeness (QED) is 0.798. The van der Waals surface area contributed by atoms with Gasteiger partial charge in [-0.3, -0.25) is 9.88 Å². The molecule has 0 radical (unpaired) electrons. The van der Waals surface area contributed by atoms with Crippen LogP contribution in [0.15, 0.2) is 48.8 Å². The highest BCUT2D eigenvalue weighted by Gasteiger charge is 2.44. The van der Waals surface area contributed by atoms with E-state index < -0.39 is 0 Å². The van der Waals surface area contributed by atoms with E-state index in [0.29, 0.717) is 12.6 Å². The van der Waals surface area contributed by atoms with Crippen LogP contribution in [-0.4, -0.2) is 48.4 Å². The first kappa shape index (κ1) is 17.5. The molecule has 3 heterocycles. The first-order valence-corrected chi connectivity index (χ1v) is 9.32. The van der Waals surface area contributed by atoms with Crippen molar-refractivity contribution >= 4 is 0 Å². The summed E-state index contributed by atoms with van der Waals surface area (Å²) in [5.41, 5.74) is 2.40. The highest BCUT2D eigenvalue weighted by molar-refractivity contribution is 5.27. The minimum absolute atomic E-state index is 0.110. The van der Waals surface area contributed by atoms with Crippen molar-refractivity contribution in [2.24, 2.45) is 0 Å². The number of methoxy groups -OCH3 is 1. The van der Waals surface area contributed by atoms with E-state index >= 15 is 0 Å². The van der Waals surface area contributed by atoms with Gasteiger partial charge in [-0.15, -0.1) is 0 Å². The Morgan fingerprint density at radius 2 is 2.08 bits per heavy atom. The zero-order valence-electron chi connectivity index (χ0n) is 15.2. The first-order valence-electron chi connectivity index (χ1n) is 9.32. The molecule has 0 spiro atoms. The molecule has 0 N–H and O–H groups in total. The third-order valence-corrected chi connectivity index (χ3v) is 5.32. The molecule has 0 saturated carbocycles. The number of hydrogen-bond donors (Lipinski definition) is 0. The molecule has 138 valence electrons. The van der Waals surface area contributed by atoms with Gasteiger partial charge in [-0.25, -0.2) is 0 Å². The number of aromatic nitrogens is 1. The number of rotatable bonds is 6. The maximum absolute atomic E-state index is 6.24. The number of ether oxygens (including phenoxy) is 3. The van der Waals surface area contributed by atoms with E-state index in [0.717, 1.165) is 37.4 Å². The maximum atomic E-state index is 6.24. The SMILES string of the molecule is COc1ccc(CN2C[C@@H](OCc3cccnc3)[C@H]3OCCC[C@@H]32)cc1. The summed E-state index contributed by atoms with van der Waals surface area (Å²) in [5, 5.41) is 0. The monoisotopic (exact) mass is 354 g/mol. The van der Waals surface area contributed by atoms with Gasteiger partial charge in [0.25, 0.3) is 0 Å². The van der Waals surface area contributed by atoms with Crippen LogP contribution < -0.4 is 4.74 Å². The summed E-state index contributed by atoms with van der Waals surface area (Å²) < 4.78 is 17.6. The van der Waals surface area contributed by atoms with Gasteiger partial charge in [0.05, 0.1) is 19.8 Å². The Bertz CT molecular complexity index is 692. The molecule has 1 aromatic heterocycles. The molecule has 2 fully saturated rings. The topological polar surface area (TPSA) is 43.8 Å². The maximum Gasteiger partial charge on any atom is 0.118 e. The predicted molar refractivity (Wildman–Crippen MR) is 99.0 cm³/mol. The molecular formula is C21H26N2O3. The van der Waals surface area contributed by atoms with Crippen LogP contribution in [0.25, 0.3) is 0 Å². The van der Waals surface area contributed by atoms with Crippen LogP contribution >= 0.6 is 0 Å². The average Bonchev–Trinajstić information content (AvgIpc) is 3.05. The molecule has 1 aromatic carbocycles. The van der Waals surface area contributed by atoms with Crippen LogP contribution in [0.5, 0.6) is 5.75 Å². The molecule has 5 heteroatoms. The average molecular weight is 354 g/mol. The van der Waals surface area contributed by atoms with Gasteiger partial charge in [0.15, 0.2) is 0 Å². The fourth-order valence-electron chi connectivity index (χ4n) is 3.98. The van der Waals surface area contributed by atoms with E-state index in [1.165, 1.54) is 12.0 Å². The van der Waals surface area contributed by atoms with Gasteiger partial charge in [0.1, 0.15) is 11.9 Å². The van der Waals surface area contributed by atoms with Crippen LogP contribution in [-0.2, 0) is 22.6 Å². The van der Waals surface area contributed by atoms with Gasteiger partial charge in [-0.2, -0.15) is 0 Å². The van der Waals surface area contributed by atoms with Crippen molar-refractivity contribution in [2.45, 2.75) is 44.2 Å². The van der Waals surface area contributed by atoms with E-state index in [9.17, 15) is 0 Å².